The molecule has 0 aromatic carbocycles. The molecule has 3 heterocycles. The number of hydrogen-bond donors (Lipinski definition) is 3. The highest BCUT2D eigenvalue weighted by Gasteiger charge is 2.53. The minimum atomic E-state index is -2.46. The Morgan fingerprint density at radius 3 is 2.25 bits per heavy atom. The molecule has 0 aromatic heterocycles. The molecular formula is C57H89NO15. The monoisotopic (exact) mass is 1030 g/mol. The zero-order valence-electron chi connectivity index (χ0n) is 45.8. The van der Waals surface area contributed by atoms with E-state index in [1.54, 1.807) is 54.9 Å². The van der Waals surface area contributed by atoms with Crippen LogP contribution in [0.25, 0.3) is 0 Å². The highest BCUT2D eigenvalue weighted by molar-refractivity contribution is 6.39. The molecule has 0 radical (unpaired) electrons. The maximum Gasteiger partial charge on any atom is 0.329 e. The Morgan fingerprint density at radius 1 is 0.890 bits per heavy atom. The molecule has 16 heteroatoms. The Bertz CT molecular complexity index is 2010. The van der Waals surface area contributed by atoms with Crippen LogP contribution in [0.15, 0.2) is 47.6 Å². The number of rotatable bonds is 10. The van der Waals surface area contributed by atoms with Gasteiger partial charge >= 0.3 is 11.9 Å². The van der Waals surface area contributed by atoms with Gasteiger partial charge in [0.05, 0.1) is 30.3 Å². The summed E-state index contributed by atoms with van der Waals surface area (Å²) in [4.78, 5) is 85.6. The maximum absolute atomic E-state index is 14.6. The molecule has 1 saturated carbocycles. The summed E-state index contributed by atoms with van der Waals surface area (Å²) in [6.07, 6.45) is 10.8. The molecule has 3 fully saturated rings. The lowest BCUT2D eigenvalue weighted by Gasteiger charge is -2.42. The number of amides is 1. The van der Waals surface area contributed by atoms with E-state index in [0.717, 1.165) is 5.57 Å². The molecule has 2 bridgehead atoms. The number of Topliss-reactive ketones (excluding diaryl/α,β-unsaturated/α-hetero) is 3. The summed E-state index contributed by atoms with van der Waals surface area (Å²) in [7, 11) is 4.49. The van der Waals surface area contributed by atoms with E-state index in [4.69, 9.17) is 28.4 Å². The first kappa shape index (κ1) is 61.6. The van der Waals surface area contributed by atoms with E-state index in [0.29, 0.717) is 76.2 Å². The summed E-state index contributed by atoms with van der Waals surface area (Å²) < 4.78 is 35.7. The quantitative estimate of drug-likeness (QED) is 0.112. The number of ether oxygens (including phenoxy) is 6. The molecule has 3 N–H and O–H groups in total. The van der Waals surface area contributed by atoms with Gasteiger partial charge in [-0.2, -0.15) is 0 Å². The van der Waals surface area contributed by atoms with Crippen LogP contribution in [-0.2, 0) is 57.2 Å². The summed E-state index contributed by atoms with van der Waals surface area (Å²) in [6, 6.07) is -1.18. The van der Waals surface area contributed by atoms with Crippen LogP contribution >= 0.6 is 0 Å². The average molecular weight is 1030 g/mol. The van der Waals surface area contributed by atoms with Gasteiger partial charge < -0.3 is 48.6 Å². The molecule has 3 aliphatic heterocycles. The number of carbonyl (C=O) groups is 6. The molecular weight excluding hydrogens is 939 g/mol. The van der Waals surface area contributed by atoms with Crippen LogP contribution in [-0.4, -0.2) is 144 Å². The predicted molar refractivity (Wildman–Crippen MR) is 274 cm³/mol. The SMILES string of the molecule is CCC(C)(CO)C(=O)O[C@@H]1CC[C@@H](C[C@@H](C)[C@@H]2CC(=O)[C@H](C)/C=C(\C)[C@@H](O)[C@@H](OC)C(=O)[C@H](C)C[C@H](C)/C=C/C=C/C=C(\C)[C@@H](OC)C[C@@H]3CC[C@@H](C)[C@@](O)(O3)C(=O)C(=O)N3CCCC[C@H]3C(=O)O2)C[C@H]1OC. The Hall–Kier alpha value is -3.90. The van der Waals surface area contributed by atoms with Crippen molar-refractivity contribution in [3.63, 3.8) is 0 Å². The van der Waals surface area contributed by atoms with E-state index >= 15 is 0 Å². The van der Waals surface area contributed by atoms with Crippen LogP contribution in [0.3, 0.4) is 0 Å². The molecule has 412 valence electrons. The molecule has 4 rings (SSSR count). The molecule has 4 aliphatic rings. The van der Waals surface area contributed by atoms with E-state index in [2.05, 4.69) is 0 Å². The molecule has 1 unspecified atom stereocenters. The number of allylic oxidation sites excluding steroid dienone is 6. The Balaban J connectivity index is 1.69. The fourth-order valence-corrected chi connectivity index (χ4v) is 10.8. The second-order valence-electron chi connectivity index (χ2n) is 22.0. The highest BCUT2D eigenvalue weighted by Crippen LogP contribution is 2.39. The third-order valence-electron chi connectivity index (χ3n) is 16.3. The second-order valence-corrected chi connectivity index (χ2v) is 22.0. The minimum Gasteiger partial charge on any atom is -0.460 e. The zero-order valence-corrected chi connectivity index (χ0v) is 45.8. The van der Waals surface area contributed by atoms with Gasteiger partial charge in [0.15, 0.2) is 5.78 Å². The summed E-state index contributed by atoms with van der Waals surface area (Å²) in [6.45, 7) is 15.8. The Morgan fingerprint density at radius 2 is 1.60 bits per heavy atom. The van der Waals surface area contributed by atoms with Crippen LogP contribution in [0.5, 0.6) is 0 Å². The fourth-order valence-electron chi connectivity index (χ4n) is 10.8. The molecule has 1 amide bonds. The number of fused-ring (bicyclic) bond motifs is 3. The molecule has 0 spiro atoms. The Labute approximate surface area is 434 Å². The second kappa shape index (κ2) is 28.3. The number of esters is 2. The van der Waals surface area contributed by atoms with Crippen molar-refractivity contribution in [2.75, 3.05) is 34.5 Å². The van der Waals surface area contributed by atoms with E-state index in [-0.39, 0.29) is 49.4 Å². The number of aliphatic hydroxyl groups is 3. The van der Waals surface area contributed by atoms with Gasteiger partial charge in [0.2, 0.25) is 5.79 Å². The van der Waals surface area contributed by atoms with Crippen molar-refractivity contribution in [1.29, 1.82) is 0 Å². The van der Waals surface area contributed by atoms with Crippen molar-refractivity contribution in [2.24, 2.45) is 40.9 Å². The number of cyclic esters (lactones) is 1. The first-order valence-electron chi connectivity index (χ1n) is 26.8. The molecule has 2 saturated heterocycles. The van der Waals surface area contributed by atoms with Gasteiger partial charge in [-0.1, -0.05) is 78.0 Å². The number of methoxy groups -OCH3 is 3. The average Bonchev–Trinajstić information content (AvgIpc) is 3.37. The lowest BCUT2D eigenvalue weighted by molar-refractivity contribution is -0.265. The summed E-state index contributed by atoms with van der Waals surface area (Å²) in [5, 5.41) is 33.5. The standard InChI is InChI=1S/C57H89NO15/c1-13-56(9,33-59)55(66)72-45-25-23-41(30-48(45)69-11)29-37(5)47-32-44(60)36(4)28-39(7)50(62)51(70-12)49(61)38(6)27-34(2)19-15-14-16-20-35(3)46(68-10)31-42-24-22-40(8)57(67,73-42)52(63)53(64)58-26-18-17-21-43(58)54(65)71-47/h14-16,19-20,28,34,36-38,40-43,45-48,50-51,59,62,67H,13,17-18,21-27,29-33H2,1-12H3/b16-14+,19-15+,35-20+,39-28+/t34-,36-,37-,38-,40-,41+,42+,43+,45-,46+,47+,48-,50-,51+,56?,57-/m1/s1. The van der Waals surface area contributed by atoms with Crippen LogP contribution in [0.4, 0.5) is 0 Å². The predicted octanol–water partition coefficient (Wildman–Crippen LogP) is 7.14. The topological polar surface area (TPSA) is 222 Å². The summed E-state index contributed by atoms with van der Waals surface area (Å²) >= 11 is 0. The lowest BCUT2D eigenvalue weighted by Crippen LogP contribution is -2.61. The van der Waals surface area contributed by atoms with E-state index in [1.807, 2.05) is 58.1 Å². The normalized spacial score (nSPS) is 38.1. The van der Waals surface area contributed by atoms with Crippen LogP contribution < -0.4 is 0 Å². The highest BCUT2D eigenvalue weighted by atomic mass is 16.6. The number of aliphatic hydroxyl groups excluding tert-OH is 2. The van der Waals surface area contributed by atoms with Crippen LogP contribution in [0.1, 0.15) is 146 Å². The zero-order chi connectivity index (χ0) is 54.4. The van der Waals surface area contributed by atoms with Crippen molar-refractivity contribution >= 4 is 35.2 Å². The first-order chi connectivity index (χ1) is 34.5. The van der Waals surface area contributed by atoms with Gasteiger partial charge in [0.25, 0.3) is 11.7 Å². The van der Waals surface area contributed by atoms with Gasteiger partial charge in [0, 0.05) is 58.5 Å². The molecule has 1 aliphatic carbocycles. The maximum atomic E-state index is 14.6. The largest absolute Gasteiger partial charge is 0.460 e. The van der Waals surface area contributed by atoms with Gasteiger partial charge in [0.1, 0.15) is 36.2 Å². The van der Waals surface area contributed by atoms with Gasteiger partial charge in [-0.05, 0) is 120 Å². The molecule has 16 nitrogen and oxygen atoms in total. The van der Waals surface area contributed by atoms with Crippen LogP contribution in [0, 0.1) is 40.9 Å². The summed E-state index contributed by atoms with van der Waals surface area (Å²) in [5.41, 5.74) is 0.188. The van der Waals surface area contributed by atoms with Crippen LogP contribution in [0.2, 0.25) is 0 Å². The molecule has 16 atom stereocenters. The van der Waals surface area contributed by atoms with Gasteiger partial charge in [-0.3, -0.25) is 24.0 Å². The lowest BCUT2D eigenvalue weighted by atomic mass is 9.78. The number of carbonyl (C=O) groups excluding carboxylic acids is 6. The van der Waals surface area contributed by atoms with E-state index in [9.17, 15) is 44.1 Å². The van der Waals surface area contributed by atoms with Crippen molar-refractivity contribution in [2.45, 2.75) is 200 Å². The van der Waals surface area contributed by atoms with Gasteiger partial charge in [-0.25, -0.2) is 4.79 Å². The number of nitrogens with zero attached hydrogens (tertiary/aromatic N) is 1. The molecule has 0 aromatic rings. The Kier molecular flexibility index (Phi) is 23.9. The third kappa shape index (κ3) is 16.1. The van der Waals surface area contributed by atoms with E-state index < -0.39 is 107 Å². The van der Waals surface area contributed by atoms with Gasteiger partial charge in [-0.15, -0.1) is 0 Å². The molecule has 73 heavy (non-hydrogen) atoms. The van der Waals surface area contributed by atoms with Crippen molar-refractivity contribution in [1.82, 2.24) is 4.90 Å². The minimum absolute atomic E-state index is 0.000594. The number of hydrogen-bond acceptors (Lipinski definition) is 15. The van der Waals surface area contributed by atoms with E-state index in [1.165, 1.54) is 12.0 Å². The van der Waals surface area contributed by atoms with Crippen molar-refractivity contribution < 1.29 is 72.5 Å². The third-order valence-corrected chi connectivity index (χ3v) is 16.3. The van der Waals surface area contributed by atoms with Crippen molar-refractivity contribution in [3.8, 4) is 0 Å². The van der Waals surface area contributed by atoms with Crippen molar-refractivity contribution in [3.05, 3.63) is 47.6 Å². The fraction of sp³-hybridized carbons (Fsp3) is 0.754. The first-order valence-corrected chi connectivity index (χ1v) is 26.8. The smallest absolute Gasteiger partial charge is 0.329 e. The summed E-state index contributed by atoms with van der Waals surface area (Å²) in [5.74, 6) is -8.90. The number of piperidine rings is 1. The number of ketones is 3.